The zero-order valence-corrected chi connectivity index (χ0v) is 26.5. The lowest BCUT2D eigenvalue weighted by molar-refractivity contribution is 0.653. The summed E-state index contributed by atoms with van der Waals surface area (Å²) in [7, 11) is 0. The van der Waals surface area contributed by atoms with E-state index in [1.54, 1.807) is 0 Å². The van der Waals surface area contributed by atoms with Gasteiger partial charge in [0.1, 0.15) is 16.8 Å². The van der Waals surface area contributed by atoms with Crippen LogP contribution < -0.4 is 5.32 Å². The summed E-state index contributed by atoms with van der Waals surface area (Å²) in [6, 6.07) is 37.1. The van der Waals surface area contributed by atoms with Gasteiger partial charge in [-0.15, -0.1) is 0 Å². The van der Waals surface area contributed by atoms with Crippen LogP contribution in [0.25, 0.3) is 77.3 Å². The van der Waals surface area contributed by atoms with Crippen molar-refractivity contribution in [1.29, 1.82) is 0 Å². The number of benzene rings is 5. The number of fused-ring (bicyclic) bond motifs is 8. The maximum absolute atomic E-state index is 6.29. The van der Waals surface area contributed by atoms with E-state index in [4.69, 9.17) is 19.4 Å². The molecule has 3 aliphatic rings. The first kappa shape index (κ1) is 26.9. The second-order valence-corrected chi connectivity index (χ2v) is 13.2. The zero-order chi connectivity index (χ0) is 32.1. The largest absolute Gasteiger partial charge is 0.436 e. The molecule has 0 bridgehead atoms. The lowest BCUT2D eigenvalue weighted by Gasteiger charge is -2.21. The monoisotopic (exact) mass is 631 g/mol. The average molecular weight is 632 g/mol. The summed E-state index contributed by atoms with van der Waals surface area (Å²) in [5, 5.41) is 9.56. The fourth-order valence-corrected chi connectivity index (χ4v) is 7.79. The number of hydrogen-bond donors (Lipinski definition) is 1. The van der Waals surface area contributed by atoms with Crippen molar-refractivity contribution < 1.29 is 4.42 Å². The molecule has 1 fully saturated rings. The molecule has 1 saturated heterocycles. The Hall–Kier alpha value is -6.11. The lowest BCUT2D eigenvalue weighted by atomic mass is 9.89. The number of furan rings is 1. The number of dihydropyridines is 1. The molecule has 2 aliphatic heterocycles. The molecule has 0 radical (unpaired) electrons. The highest BCUT2D eigenvalue weighted by Gasteiger charge is 2.29. The Morgan fingerprint density at radius 1 is 0.755 bits per heavy atom. The first-order valence-corrected chi connectivity index (χ1v) is 16.9. The van der Waals surface area contributed by atoms with Gasteiger partial charge in [-0.1, -0.05) is 72.8 Å². The van der Waals surface area contributed by atoms with Gasteiger partial charge in [-0.3, -0.25) is 4.99 Å². The van der Waals surface area contributed by atoms with E-state index < -0.39 is 0 Å². The summed E-state index contributed by atoms with van der Waals surface area (Å²) in [5.41, 5.74) is 11.7. The molecule has 232 valence electrons. The molecule has 1 N–H and O–H groups in total. The van der Waals surface area contributed by atoms with Gasteiger partial charge >= 0.3 is 0 Å². The summed E-state index contributed by atoms with van der Waals surface area (Å²) in [6.45, 7) is 0.932. The fraction of sp³-hybridized carbons (Fsp3) is 0.0930. The number of aromatic nitrogens is 3. The van der Waals surface area contributed by atoms with Crippen LogP contribution in [0.1, 0.15) is 23.7 Å². The van der Waals surface area contributed by atoms with E-state index in [0.29, 0.717) is 11.6 Å². The van der Waals surface area contributed by atoms with Crippen molar-refractivity contribution in [3.63, 3.8) is 0 Å². The third kappa shape index (κ3) is 4.14. The molecule has 5 aromatic carbocycles. The summed E-state index contributed by atoms with van der Waals surface area (Å²) >= 11 is 0. The number of allylic oxidation sites excluding steroid dienone is 5. The first-order valence-electron chi connectivity index (χ1n) is 16.9. The molecule has 3 aromatic heterocycles. The lowest BCUT2D eigenvalue weighted by Crippen LogP contribution is -2.08. The van der Waals surface area contributed by atoms with Crippen molar-refractivity contribution in [2.24, 2.45) is 10.9 Å². The van der Waals surface area contributed by atoms with Crippen LogP contribution in [0.15, 0.2) is 143 Å². The first-order chi connectivity index (χ1) is 24.3. The Morgan fingerprint density at radius 2 is 1.57 bits per heavy atom. The fourth-order valence-electron chi connectivity index (χ4n) is 7.79. The number of rotatable bonds is 4. The van der Waals surface area contributed by atoms with Crippen molar-refractivity contribution in [2.45, 2.75) is 12.5 Å². The predicted molar refractivity (Wildman–Crippen MR) is 199 cm³/mol. The van der Waals surface area contributed by atoms with Crippen LogP contribution in [-0.2, 0) is 0 Å². The van der Waals surface area contributed by atoms with E-state index in [1.165, 1.54) is 43.8 Å². The number of nitrogens with one attached hydrogen (secondary N) is 1. The molecule has 49 heavy (non-hydrogen) atoms. The van der Waals surface area contributed by atoms with E-state index >= 15 is 0 Å². The predicted octanol–water partition coefficient (Wildman–Crippen LogP) is 9.87. The van der Waals surface area contributed by atoms with Crippen LogP contribution in [0.2, 0.25) is 0 Å². The molecule has 6 heteroatoms. The van der Waals surface area contributed by atoms with Crippen molar-refractivity contribution in [1.82, 2.24) is 19.9 Å². The molecule has 2 unspecified atom stereocenters. The highest BCUT2D eigenvalue weighted by molar-refractivity contribution is 6.13. The highest BCUT2D eigenvalue weighted by atomic mass is 16.3. The minimum atomic E-state index is 0.248. The number of aliphatic imine (C=N–C) groups is 1. The molecule has 1 aliphatic carbocycles. The van der Waals surface area contributed by atoms with Gasteiger partial charge in [0.05, 0.1) is 22.4 Å². The van der Waals surface area contributed by atoms with Gasteiger partial charge in [0.2, 0.25) is 5.71 Å². The van der Waals surface area contributed by atoms with E-state index in [0.717, 1.165) is 57.7 Å². The van der Waals surface area contributed by atoms with Crippen molar-refractivity contribution in [3.8, 4) is 16.9 Å². The van der Waals surface area contributed by atoms with Crippen LogP contribution in [0.4, 0.5) is 0 Å². The van der Waals surface area contributed by atoms with E-state index in [1.807, 2.05) is 30.5 Å². The number of hydrogen-bond acceptors (Lipinski definition) is 5. The van der Waals surface area contributed by atoms with Crippen molar-refractivity contribution >= 4 is 66.6 Å². The van der Waals surface area contributed by atoms with Gasteiger partial charge < -0.3 is 14.3 Å². The zero-order valence-electron chi connectivity index (χ0n) is 26.5. The van der Waals surface area contributed by atoms with Crippen molar-refractivity contribution in [3.05, 3.63) is 144 Å². The van der Waals surface area contributed by atoms with Crippen LogP contribution in [0.5, 0.6) is 0 Å². The third-order valence-electron chi connectivity index (χ3n) is 10.3. The Labute approximate surface area is 281 Å². The van der Waals surface area contributed by atoms with Gasteiger partial charge in [0.25, 0.3) is 0 Å². The van der Waals surface area contributed by atoms with Crippen LogP contribution >= 0.6 is 0 Å². The molecular weight excluding hydrogens is 603 g/mol. The Balaban J connectivity index is 1.15. The smallest absolute Gasteiger partial charge is 0.246 e. The van der Waals surface area contributed by atoms with Gasteiger partial charge in [-0.05, 0) is 77.4 Å². The second-order valence-electron chi connectivity index (χ2n) is 13.2. The standard InChI is InChI=1S/C43H29N5O/c1-2-9-27-23-38-32(20-26(27)8-1)30-11-3-5-13-36(30)48(38)37-18-17-28(21-33(37)35-24-45-35)41-40(29-16-15-25-10-7-19-44-34(25)22-29)46-42-31-12-4-6-14-39(31)49-43(42)47-41/h1-14,16-23,25,35,45H,15,24H2. The molecular formula is C43H29N5O. The number of para-hydroxylation sites is 2. The van der Waals surface area contributed by atoms with Crippen LogP contribution in [-0.4, -0.2) is 27.3 Å². The summed E-state index contributed by atoms with van der Waals surface area (Å²) in [5.74, 6) is 0.291. The Bertz CT molecular complexity index is 2830. The minimum absolute atomic E-state index is 0.248. The number of nitrogens with zero attached hydrogens (tertiary/aromatic N) is 4. The van der Waals surface area contributed by atoms with Crippen molar-refractivity contribution in [2.75, 3.05) is 6.54 Å². The molecule has 0 saturated carbocycles. The topological polar surface area (TPSA) is 78.2 Å². The van der Waals surface area contributed by atoms with Crippen LogP contribution in [0, 0.1) is 5.92 Å². The van der Waals surface area contributed by atoms with E-state index in [2.05, 4.69) is 113 Å². The third-order valence-corrected chi connectivity index (χ3v) is 10.3. The molecule has 2 atom stereocenters. The molecule has 11 rings (SSSR count). The minimum Gasteiger partial charge on any atom is -0.436 e. The average Bonchev–Trinajstić information content (AvgIpc) is 3.88. The van der Waals surface area contributed by atoms with E-state index in [9.17, 15) is 0 Å². The molecule has 8 aromatic rings. The second kappa shape index (κ2) is 10.2. The Morgan fingerprint density at radius 3 is 2.47 bits per heavy atom. The van der Waals surface area contributed by atoms with Gasteiger partial charge in [-0.2, -0.15) is 0 Å². The maximum Gasteiger partial charge on any atom is 0.246 e. The molecule has 0 spiro atoms. The van der Waals surface area contributed by atoms with Crippen LogP contribution in [0.3, 0.4) is 0 Å². The quantitative estimate of drug-likeness (QED) is 0.196. The molecule has 0 amide bonds. The van der Waals surface area contributed by atoms with E-state index in [-0.39, 0.29) is 6.04 Å². The SMILES string of the molecule is C1=CC2CC=C(c3nc4c(nc3-c3ccc(-n5c6ccccc6c6cc7ccccc7cc65)c(C5CN5)c3)oc3ccccc34)C=C2N=C1. The normalized spacial score (nSPS) is 18.4. The molecule has 5 heterocycles. The molecule has 6 nitrogen and oxygen atoms in total. The maximum atomic E-state index is 6.29. The highest BCUT2D eigenvalue weighted by Crippen LogP contribution is 2.42. The summed E-state index contributed by atoms with van der Waals surface area (Å²) in [6.07, 6.45) is 11.5. The van der Waals surface area contributed by atoms with Gasteiger partial charge in [-0.25, -0.2) is 9.97 Å². The summed E-state index contributed by atoms with van der Waals surface area (Å²) < 4.78 is 8.73. The van der Waals surface area contributed by atoms with Gasteiger partial charge in [0.15, 0.2) is 0 Å². The Kier molecular flexibility index (Phi) is 5.60. The summed E-state index contributed by atoms with van der Waals surface area (Å²) in [4.78, 5) is 15.3. The van der Waals surface area contributed by atoms with Gasteiger partial charge in [0, 0.05) is 57.7 Å².